The number of thiophene rings is 2. The molecule has 0 fully saturated rings. The SMILES string of the molecule is CCn1c2ccc(C(=N)CCCC(=N)c3ccc4c(c3)c3cc(C(=O)c5cccs5)ccc3n4CC)cc2c2cc(C(=O)c3cccs3)ccc21. The van der Waals surface area contributed by atoms with Gasteiger partial charge >= 0.3 is 0 Å². The Labute approximate surface area is 303 Å². The lowest BCUT2D eigenvalue weighted by molar-refractivity contribution is 0.103. The zero-order valence-electron chi connectivity index (χ0n) is 28.5. The first-order chi connectivity index (χ1) is 24.9. The van der Waals surface area contributed by atoms with Crippen molar-refractivity contribution in [3.63, 3.8) is 0 Å². The highest BCUT2D eigenvalue weighted by Crippen LogP contribution is 2.34. The first-order valence-corrected chi connectivity index (χ1v) is 19.1. The Morgan fingerprint density at radius 2 is 0.882 bits per heavy atom. The largest absolute Gasteiger partial charge is 0.341 e. The summed E-state index contributed by atoms with van der Waals surface area (Å²) in [6.07, 6.45) is 1.78. The van der Waals surface area contributed by atoms with Gasteiger partial charge in [-0.05, 0) is 128 Å². The maximum atomic E-state index is 13.2. The van der Waals surface area contributed by atoms with E-state index in [1.807, 2.05) is 83.6 Å². The van der Waals surface area contributed by atoms with E-state index in [4.69, 9.17) is 10.8 Å². The molecule has 4 aromatic carbocycles. The molecule has 4 heterocycles. The highest BCUT2D eigenvalue weighted by Gasteiger charge is 2.18. The lowest BCUT2D eigenvalue weighted by Gasteiger charge is -2.08. The highest BCUT2D eigenvalue weighted by atomic mass is 32.1. The molecular weight excluding hydrogens is 669 g/mol. The van der Waals surface area contributed by atoms with Gasteiger partial charge < -0.3 is 20.0 Å². The Balaban J connectivity index is 1.02. The van der Waals surface area contributed by atoms with Crippen LogP contribution in [0.1, 0.15) is 74.7 Å². The third-order valence-electron chi connectivity index (χ3n) is 9.93. The van der Waals surface area contributed by atoms with Crippen LogP contribution in [-0.2, 0) is 13.1 Å². The van der Waals surface area contributed by atoms with E-state index < -0.39 is 0 Å². The Morgan fingerprint density at radius 1 is 0.529 bits per heavy atom. The molecule has 0 aliphatic rings. The lowest BCUT2D eigenvalue weighted by atomic mass is 9.98. The van der Waals surface area contributed by atoms with E-state index in [2.05, 4.69) is 47.2 Å². The second kappa shape index (κ2) is 13.4. The monoisotopic (exact) mass is 704 g/mol. The zero-order chi connectivity index (χ0) is 35.2. The third kappa shape index (κ3) is 5.74. The lowest BCUT2D eigenvalue weighted by Crippen LogP contribution is -2.03. The van der Waals surface area contributed by atoms with Gasteiger partial charge in [0, 0.05) is 79.3 Å². The second-order valence-corrected chi connectivity index (χ2v) is 14.7. The minimum atomic E-state index is 0.0277. The topological polar surface area (TPSA) is 91.7 Å². The number of fused-ring (bicyclic) bond motifs is 6. The van der Waals surface area contributed by atoms with Crippen LogP contribution in [0.5, 0.6) is 0 Å². The third-order valence-corrected chi connectivity index (χ3v) is 11.7. The van der Waals surface area contributed by atoms with Crippen LogP contribution in [0.25, 0.3) is 43.6 Å². The minimum Gasteiger partial charge on any atom is -0.341 e. The van der Waals surface area contributed by atoms with E-state index in [0.717, 1.165) is 77.6 Å². The molecular formula is C43H36N4O2S2. The molecule has 0 radical (unpaired) electrons. The zero-order valence-corrected chi connectivity index (χ0v) is 30.1. The van der Waals surface area contributed by atoms with Crippen LogP contribution in [0.15, 0.2) is 108 Å². The molecule has 0 aliphatic heterocycles. The van der Waals surface area contributed by atoms with Crippen molar-refractivity contribution in [2.24, 2.45) is 0 Å². The number of carbonyl (C=O) groups is 2. The number of rotatable bonds is 12. The van der Waals surface area contributed by atoms with Gasteiger partial charge in [0.25, 0.3) is 0 Å². The molecule has 8 heteroatoms. The molecule has 252 valence electrons. The highest BCUT2D eigenvalue weighted by molar-refractivity contribution is 7.12. The summed E-state index contributed by atoms with van der Waals surface area (Å²) in [5.74, 6) is 0.0554. The Hall–Kier alpha value is -5.44. The summed E-state index contributed by atoms with van der Waals surface area (Å²) >= 11 is 2.91. The molecule has 0 amide bonds. The maximum Gasteiger partial charge on any atom is 0.202 e. The fraction of sp³-hybridized carbons (Fsp3) is 0.163. The van der Waals surface area contributed by atoms with Crippen LogP contribution in [0.3, 0.4) is 0 Å². The Kier molecular flexibility index (Phi) is 8.58. The summed E-state index contributed by atoms with van der Waals surface area (Å²) in [6, 6.07) is 31.8. The maximum absolute atomic E-state index is 13.2. The molecule has 0 spiro atoms. The van der Waals surface area contributed by atoms with Gasteiger partial charge in [-0.25, -0.2) is 0 Å². The molecule has 0 atom stereocenters. The number of carbonyl (C=O) groups excluding carboxylic acids is 2. The molecule has 0 saturated carbocycles. The van der Waals surface area contributed by atoms with E-state index in [9.17, 15) is 9.59 Å². The van der Waals surface area contributed by atoms with Crippen molar-refractivity contribution < 1.29 is 9.59 Å². The van der Waals surface area contributed by atoms with Gasteiger partial charge in [-0.15, -0.1) is 22.7 Å². The van der Waals surface area contributed by atoms with E-state index in [0.29, 0.717) is 41.8 Å². The van der Waals surface area contributed by atoms with Crippen molar-refractivity contribution in [3.05, 3.63) is 140 Å². The number of nitrogens with one attached hydrogen (secondary N) is 2. The van der Waals surface area contributed by atoms with Crippen LogP contribution in [0.2, 0.25) is 0 Å². The standard InChI is InChI=1S/C43H36N4O2S2/c1-3-46-36-16-12-26(22-30(36)32-24-28(14-18-38(32)46)42(48)40-10-6-20-50-40)34(44)8-5-9-35(45)27-13-17-37-31(23-27)33-25-29(15-19-39(33)47(37)4-2)43(49)41-11-7-21-51-41/h6-7,10-25,44-45H,3-5,8-9H2,1-2H3. The second-order valence-electron chi connectivity index (χ2n) is 12.8. The average Bonchev–Trinajstić information content (AvgIpc) is 3.99. The molecule has 0 bridgehead atoms. The van der Waals surface area contributed by atoms with Gasteiger partial charge in [-0.3, -0.25) is 9.59 Å². The molecule has 4 aromatic heterocycles. The number of aromatic nitrogens is 2. The minimum absolute atomic E-state index is 0.0277. The summed E-state index contributed by atoms with van der Waals surface area (Å²) in [7, 11) is 0. The number of aryl methyl sites for hydroxylation is 2. The van der Waals surface area contributed by atoms with Crippen molar-refractivity contribution in [1.29, 1.82) is 10.8 Å². The van der Waals surface area contributed by atoms with Gasteiger partial charge in [-0.1, -0.05) is 24.3 Å². The molecule has 6 nitrogen and oxygen atoms in total. The van der Waals surface area contributed by atoms with Crippen molar-refractivity contribution in [2.45, 2.75) is 46.2 Å². The molecule has 0 aliphatic carbocycles. The van der Waals surface area contributed by atoms with Crippen molar-refractivity contribution in [1.82, 2.24) is 9.13 Å². The van der Waals surface area contributed by atoms with Crippen LogP contribution in [-0.4, -0.2) is 32.1 Å². The van der Waals surface area contributed by atoms with Gasteiger partial charge in [0.05, 0.1) is 9.75 Å². The number of benzene rings is 4. The fourth-order valence-electron chi connectivity index (χ4n) is 7.38. The summed E-state index contributed by atoms with van der Waals surface area (Å²) in [6.45, 7) is 5.85. The van der Waals surface area contributed by atoms with Gasteiger partial charge in [0.1, 0.15) is 0 Å². The van der Waals surface area contributed by atoms with Crippen molar-refractivity contribution >= 4 is 89.3 Å². The molecule has 0 unspecified atom stereocenters. The van der Waals surface area contributed by atoms with Gasteiger partial charge in [0.15, 0.2) is 0 Å². The Morgan fingerprint density at radius 3 is 1.22 bits per heavy atom. The molecule has 8 rings (SSSR count). The number of nitrogens with zero attached hydrogens (tertiary/aromatic N) is 2. The fourth-order valence-corrected chi connectivity index (χ4v) is 8.75. The summed E-state index contributed by atoms with van der Waals surface area (Å²) in [5, 5.41) is 26.0. The predicted octanol–water partition coefficient (Wildman–Crippen LogP) is 11.1. The van der Waals surface area contributed by atoms with Crippen molar-refractivity contribution in [2.75, 3.05) is 0 Å². The molecule has 0 saturated heterocycles. The van der Waals surface area contributed by atoms with Crippen molar-refractivity contribution in [3.8, 4) is 0 Å². The number of hydrogen-bond donors (Lipinski definition) is 2. The molecule has 8 aromatic rings. The van der Waals surface area contributed by atoms with Gasteiger partial charge in [-0.2, -0.15) is 0 Å². The summed E-state index contributed by atoms with van der Waals surface area (Å²) in [5.41, 5.74) is 8.49. The normalized spacial score (nSPS) is 11.6. The van der Waals surface area contributed by atoms with Crippen LogP contribution < -0.4 is 0 Å². The quantitative estimate of drug-likeness (QED) is 0.0979. The van der Waals surface area contributed by atoms with Crippen LogP contribution >= 0.6 is 22.7 Å². The predicted molar refractivity (Wildman–Crippen MR) is 213 cm³/mol. The van der Waals surface area contributed by atoms with Gasteiger partial charge in [0.2, 0.25) is 11.6 Å². The number of ketones is 2. The molecule has 51 heavy (non-hydrogen) atoms. The Bertz CT molecular complexity index is 2470. The van der Waals surface area contributed by atoms with Crippen LogP contribution in [0, 0.1) is 10.8 Å². The van der Waals surface area contributed by atoms with E-state index in [-0.39, 0.29) is 11.6 Å². The van der Waals surface area contributed by atoms with E-state index in [1.54, 1.807) is 0 Å². The summed E-state index contributed by atoms with van der Waals surface area (Å²) < 4.78 is 4.52. The first kappa shape index (κ1) is 32.7. The van der Waals surface area contributed by atoms with E-state index >= 15 is 0 Å². The van der Waals surface area contributed by atoms with Crippen LogP contribution in [0.4, 0.5) is 0 Å². The first-order valence-electron chi connectivity index (χ1n) is 17.3. The average molecular weight is 705 g/mol. The van der Waals surface area contributed by atoms with E-state index in [1.165, 1.54) is 22.7 Å². The summed E-state index contributed by atoms with van der Waals surface area (Å²) in [4.78, 5) is 27.8. The molecule has 2 N–H and O–H groups in total. The number of hydrogen-bond acceptors (Lipinski definition) is 6. The smallest absolute Gasteiger partial charge is 0.202 e.